The molecule has 608 valence electrons. The van der Waals surface area contributed by atoms with Gasteiger partial charge in [0.25, 0.3) is 0 Å². The molecule has 1 spiro atoms. The van der Waals surface area contributed by atoms with E-state index in [1.54, 1.807) is 11.1 Å². The molecular formula is C123H116. The van der Waals surface area contributed by atoms with E-state index in [0.717, 1.165) is 0 Å². The summed E-state index contributed by atoms with van der Waals surface area (Å²) in [4.78, 5) is 0. The second-order valence-corrected chi connectivity index (χ2v) is 37.5. The highest BCUT2D eigenvalue weighted by Crippen LogP contribution is 2.64. The van der Waals surface area contributed by atoms with Gasteiger partial charge in [-0.05, 0) is 191 Å². The Morgan fingerprint density at radius 1 is 0.179 bits per heavy atom. The van der Waals surface area contributed by atoms with E-state index >= 15 is 0 Å². The van der Waals surface area contributed by atoms with Crippen LogP contribution in [0.15, 0.2) is 400 Å². The van der Waals surface area contributed by atoms with E-state index < -0.39 is 0 Å². The van der Waals surface area contributed by atoms with E-state index in [-0.39, 0.29) is 37.9 Å². The largest absolute Gasteiger partial charge is 0.0725 e. The van der Waals surface area contributed by atoms with Crippen LogP contribution in [-0.2, 0) is 37.9 Å². The molecule has 0 aromatic heterocycles. The van der Waals surface area contributed by atoms with Gasteiger partial charge in [0.2, 0.25) is 0 Å². The number of rotatable bonds is 14. The molecule has 6 aliphatic carbocycles. The Kier molecular flexibility index (Phi) is 22.4. The quantitative estimate of drug-likeness (QED) is 0.0952. The highest BCUT2D eigenvalue weighted by atomic mass is 14.5. The molecule has 0 radical (unpaired) electrons. The van der Waals surface area contributed by atoms with Crippen LogP contribution in [0.3, 0.4) is 0 Å². The third-order valence-electron chi connectivity index (χ3n) is 28.2. The third-order valence-corrected chi connectivity index (χ3v) is 28.2. The first kappa shape index (κ1) is 81.5. The molecule has 0 fully saturated rings. The molecular weight excluding hydrogens is 1480 g/mol. The summed E-state index contributed by atoms with van der Waals surface area (Å²) in [5, 5.41) is 0. The second kappa shape index (κ2) is 33.7. The van der Waals surface area contributed by atoms with E-state index in [0.29, 0.717) is 0 Å². The molecule has 0 heterocycles. The molecule has 0 amide bonds. The van der Waals surface area contributed by atoms with Gasteiger partial charge in [-0.3, -0.25) is 0 Å². The second-order valence-electron chi connectivity index (χ2n) is 37.5. The van der Waals surface area contributed by atoms with E-state index in [1.807, 2.05) is 0 Å². The molecule has 0 heteroatoms. The van der Waals surface area contributed by atoms with Crippen molar-refractivity contribution < 1.29 is 0 Å². The molecule has 0 bridgehead atoms. The van der Waals surface area contributed by atoms with Crippen LogP contribution < -0.4 is 0 Å². The number of fused-ring (bicyclic) bond motifs is 22. The Hall–Kier alpha value is -12.5. The van der Waals surface area contributed by atoms with Crippen molar-refractivity contribution >= 4 is 0 Å². The van der Waals surface area contributed by atoms with Crippen LogP contribution >= 0.6 is 0 Å². The lowest BCUT2D eigenvalue weighted by molar-refractivity contribution is 0.401. The zero-order chi connectivity index (χ0) is 84.6. The van der Waals surface area contributed by atoms with Gasteiger partial charge >= 0.3 is 0 Å². The van der Waals surface area contributed by atoms with Crippen molar-refractivity contribution in [2.75, 3.05) is 0 Å². The van der Waals surface area contributed by atoms with Crippen molar-refractivity contribution in [3.8, 4) is 66.8 Å². The monoisotopic (exact) mass is 1590 g/mol. The lowest BCUT2D eigenvalue weighted by Gasteiger charge is -2.35. The van der Waals surface area contributed by atoms with Crippen molar-refractivity contribution in [2.24, 2.45) is 0 Å². The first-order chi connectivity index (χ1) is 60.0. The first-order valence-corrected chi connectivity index (χ1v) is 45.5. The number of hydrogen-bond donors (Lipinski definition) is 0. The van der Waals surface area contributed by atoms with Crippen molar-refractivity contribution in [1.29, 1.82) is 0 Å². The molecule has 16 aromatic rings. The molecule has 0 saturated heterocycles. The summed E-state index contributed by atoms with van der Waals surface area (Å²) in [5.41, 5.74) is 41.8. The zero-order valence-electron chi connectivity index (χ0n) is 73.7. The first-order valence-electron chi connectivity index (χ1n) is 45.5. The molecule has 0 saturated carbocycles. The maximum absolute atomic E-state index is 2.41. The summed E-state index contributed by atoms with van der Waals surface area (Å²) in [6.07, 6.45) is 13.4. The Morgan fingerprint density at radius 2 is 0.366 bits per heavy atom. The molecule has 16 aromatic carbocycles. The highest BCUT2D eigenvalue weighted by Gasteiger charge is 2.53. The van der Waals surface area contributed by atoms with Crippen LogP contribution in [0.2, 0.25) is 0 Å². The number of hydrogen-bond acceptors (Lipinski definition) is 0. The van der Waals surface area contributed by atoms with E-state index in [9.17, 15) is 0 Å². The lowest BCUT2D eigenvalue weighted by Crippen LogP contribution is -2.29. The van der Waals surface area contributed by atoms with Gasteiger partial charge in [0.15, 0.2) is 0 Å². The van der Waals surface area contributed by atoms with Gasteiger partial charge in [-0.2, -0.15) is 0 Å². The van der Waals surface area contributed by atoms with Crippen LogP contribution in [0.25, 0.3) is 66.8 Å². The maximum atomic E-state index is 2.41. The van der Waals surface area contributed by atoms with Gasteiger partial charge < -0.3 is 0 Å². The van der Waals surface area contributed by atoms with Crippen molar-refractivity contribution in [2.45, 2.75) is 171 Å². The van der Waals surface area contributed by atoms with Gasteiger partial charge in [-0.1, -0.05) is 521 Å². The minimum atomic E-state index is -0.319. The standard InChI is InChI=1S/C33H34.C25H16.C25H18.C25H34.C15H14/c1-31(2,3)23-15-19-25(20-16-23)33(26-21-17-24(18-22-26)32(4,5)6)29-13-9-7-11-27(29)28-12-8-10-14-30(28)33;1-5-13-21-17(9-1)18-10-2-6-14-22(18)25(21)23-15-7-3-11-19(23)20-12-4-8-16-24(20)25;1-3-11-19(12-4-1)25(20-13-5-2-6-14-20)23-17-9-7-15-21(23)22-16-8-10-18-24(22)25;1-3-5-7-13-19-25(20-14-8-6-4-2)23-17-11-9-15-21(23)22-16-10-12-18-24(22)25;1-15(2)13-9-5-3-7-11(13)12-8-4-6-10-14(12)15/h7-22H,1-6H3;1-16H;1-18H;9-12,15-18H,3-8,13-14,19-20H2,1-2H3;3-10H,1-2H3. The van der Waals surface area contributed by atoms with Gasteiger partial charge in [0.1, 0.15) is 0 Å². The van der Waals surface area contributed by atoms with Crippen molar-refractivity contribution in [1.82, 2.24) is 0 Å². The minimum Gasteiger partial charge on any atom is -0.0654 e. The smallest absolute Gasteiger partial charge is 0.0654 e. The molecule has 22 rings (SSSR count). The summed E-state index contributed by atoms with van der Waals surface area (Å²) in [6.45, 7) is 22.9. The van der Waals surface area contributed by atoms with Crippen molar-refractivity contribution in [3.05, 3.63) is 501 Å². The Bertz CT molecular complexity index is 5840. The minimum absolute atomic E-state index is 0.130. The molecule has 6 aliphatic rings. The van der Waals surface area contributed by atoms with Gasteiger partial charge in [-0.15, -0.1) is 0 Å². The summed E-state index contributed by atoms with van der Waals surface area (Å²) < 4.78 is 0. The van der Waals surface area contributed by atoms with Gasteiger partial charge in [0.05, 0.1) is 16.2 Å². The Labute approximate surface area is 733 Å². The lowest BCUT2D eigenvalue weighted by atomic mass is 9.67. The fourth-order valence-corrected chi connectivity index (χ4v) is 22.4. The van der Waals surface area contributed by atoms with Crippen LogP contribution in [0.5, 0.6) is 0 Å². The molecule has 0 N–H and O–H groups in total. The average molecular weight is 1590 g/mol. The van der Waals surface area contributed by atoms with Crippen LogP contribution in [0.4, 0.5) is 0 Å². The molecule has 0 unspecified atom stereocenters. The Balaban J connectivity index is 0.000000107. The van der Waals surface area contributed by atoms with E-state index in [2.05, 4.69) is 470 Å². The summed E-state index contributed by atoms with van der Waals surface area (Å²) in [7, 11) is 0. The molecule has 123 heavy (non-hydrogen) atoms. The van der Waals surface area contributed by atoms with E-state index in [4.69, 9.17) is 0 Å². The topological polar surface area (TPSA) is 0 Å². The van der Waals surface area contributed by atoms with Crippen LogP contribution in [0.1, 0.15) is 234 Å². The average Bonchev–Trinajstić information content (AvgIpc) is 1.51. The number of benzene rings is 16. The SMILES string of the molecule is CC(C)(C)c1ccc(C2(c3ccc(C(C)(C)C)cc3)c3ccccc3-c3ccccc32)cc1.CC1(C)c2ccccc2-c2ccccc21.CCCCCCC1(CCCCCC)c2ccccc2-c2ccccc21.c1ccc(C2(c3ccccc3)c3ccccc3-c3ccccc32)cc1.c1ccc2c(c1)-c1ccccc1C21c2ccccc2-c2ccccc21. The molecule has 0 atom stereocenters. The third kappa shape index (κ3) is 13.9. The molecule has 0 aliphatic heterocycles. The highest BCUT2D eigenvalue weighted by molar-refractivity contribution is 5.95. The zero-order valence-corrected chi connectivity index (χ0v) is 73.7. The summed E-state index contributed by atoms with van der Waals surface area (Å²) in [6, 6.07) is 148. The summed E-state index contributed by atoms with van der Waals surface area (Å²) >= 11 is 0. The van der Waals surface area contributed by atoms with Crippen LogP contribution in [0, 0.1) is 0 Å². The predicted octanol–water partition coefficient (Wildman–Crippen LogP) is 32.6. The fraction of sp³-hybridized carbons (Fsp3) is 0.220. The summed E-state index contributed by atoms with van der Waals surface area (Å²) in [5.74, 6) is 0. The van der Waals surface area contributed by atoms with Gasteiger partial charge in [-0.25, -0.2) is 0 Å². The van der Waals surface area contributed by atoms with Crippen LogP contribution in [-0.4, -0.2) is 0 Å². The Morgan fingerprint density at radius 3 is 0.602 bits per heavy atom. The maximum Gasteiger partial charge on any atom is 0.0725 e. The molecule has 0 nitrogen and oxygen atoms in total. The van der Waals surface area contributed by atoms with Gasteiger partial charge in [0, 0.05) is 10.8 Å². The number of unbranched alkanes of at least 4 members (excludes halogenated alkanes) is 6. The van der Waals surface area contributed by atoms with E-state index in [1.165, 1.54) is 220 Å². The fourth-order valence-electron chi connectivity index (χ4n) is 22.4. The predicted molar refractivity (Wildman–Crippen MR) is 522 cm³/mol. The van der Waals surface area contributed by atoms with Crippen molar-refractivity contribution in [3.63, 3.8) is 0 Å². The normalized spacial score (nSPS) is 14.6.